The number of carbonyl (C=O) groups excluding carboxylic acids is 1. The van der Waals surface area contributed by atoms with Crippen molar-refractivity contribution in [2.75, 3.05) is 19.5 Å². The van der Waals surface area contributed by atoms with Crippen molar-refractivity contribution in [1.29, 1.82) is 0 Å². The molecule has 3 rings (SSSR count). The summed E-state index contributed by atoms with van der Waals surface area (Å²) in [6.45, 7) is 1.23. The predicted octanol–water partition coefficient (Wildman–Crippen LogP) is 3.49. The SMILES string of the molecule is COCCn1c(Cc2ccccc2)nnc1SCC(=O)c1ccccc1. The molecule has 0 fully saturated rings. The molecule has 0 N–H and O–H groups in total. The lowest BCUT2D eigenvalue weighted by molar-refractivity contribution is 0.102. The molecule has 0 unspecified atom stereocenters. The van der Waals surface area contributed by atoms with Gasteiger partial charge in [-0.25, -0.2) is 0 Å². The van der Waals surface area contributed by atoms with Crippen molar-refractivity contribution in [3.05, 3.63) is 77.6 Å². The van der Waals surface area contributed by atoms with Gasteiger partial charge in [-0.1, -0.05) is 72.4 Å². The number of nitrogens with zero attached hydrogens (tertiary/aromatic N) is 3. The summed E-state index contributed by atoms with van der Waals surface area (Å²) in [5.74, 6) is 1.30. The number of carbonyl (C=O) groups is 1. The second-order valence-electron chi connectivity index (χ2n) is 5.78. The van der Waals surface area contributed by atoms with Crippen LogP contribution in [0.1, 0.15) is 21.7 Å². The van der Waals surface area contributed by atoms with Gasteiger partial charge in [0.25, 0.3) is 0 Å². The molecule has 6 heteroatoms. The summed E-state index contributed by atoms with van der Waals surface area (Å²) in [5.41, 5.74) is 1.89. The molecule has 3 aromatic rings. The number of aromatic nitrogens is 3. The summed E-state index contributed by atoms with van der Waals surface area (Å²) in [6.07, 6.45) is 0.699. The van der Waals surface area contributed by atoms with Crippen molar-refractivity contribution < 1.29 is 9.53 Å². The lowest BCUT2D eigenvalue weighted by Crippen LogP contribution is -2.11. The monoisotopic (exact) mass is 367 g/mol. The number of methoxy groups -OCH3 is 1. The maximum atomic E-state index is 12.3. The molecular weight excluding hydrogens is 346 g/mol. The smallest absolute Gasteiger partial charge is 0.191 e. The molecule has 0 bridgehead atoms. The first kappa shape index (κ1) is 18.4. The highest BCUT2D eigenvalue weighted by molar-refractivity contribution is 7.99. The average Bonchev–Trinajstić information content (AvgIpc) is 3.07. The number of rotatable bonds is 9. The number of Topliss-reactive ketones (excluding diaryl/α,β-unsaturated/α-hetero) is 1. The van der Waals surface area contributed by atoms with E-state index in [4.69, 9.17) is 4.74 Å². The molecule has 0 saturated carbocycles. The van der Waals surface area contributed by atoms with Crippen LogP contribution >= 0.6 is 11.8 Å². The Bertz CT molecular complexity index is 835. The Labute approximate surface area is 157 Å². The summed E-state index contributed by atoms with van der Waals surface area (Å²) in [6, 6.07) is 19.5. The number of hydrogen-bond donors (Lipinski definition) is 0. The van der Waals surface area contributed by atoms with Crippen molar-refractivity contribution in [1.82, 2.24) is 14.8 Å². The molecule has 26 heavy (non-hydrogen) atoms. The number of ketones is 1. The third-order valence-electron chi connectivity index (χ3n) is 3.95. The van der Waals surface area contributed by atoms with Crippen LogP contribution < -0.4 is 0 Å². The van der Waals surface area contributed by atoms with Gasteiger partial charge in [0.2, 0.25) is 0 Å². The molecular formula is C20H21N3O2S. The van der Waals surface area contributed by atoms with Gasteiger partial charge in [-0.2, -0.15) is 0 Å². The molecule has 5 nitrogen and oxygen atoms in total. The minimum atomic E-state index is 0.0847. The van der Waals surface area contributed by atoms with Crippen LogP contribution in [-0.2, 0) is 17.7 Å². The maximum Gasteiger partial charge on any atom is 0.191 e. The zero-order valence-electron chi connectivity index (χ0n) is 14.7. The van der Waals surface area contributed by atoms with Gasteiger partial charge >= 0.3 is 0 Å². The Morgan fingerprint density at radius 3 is 2.42 bits per heavy atom. The summed E-state index contributed by atoms with van der Waals surface area (Å²) in [7, 11) is 1.67. The van der Waals surface area contributed by atoms with E-state index >= 15 is 0 Å². The van der Waals surface area contributed by atoms with Gasteiger partial charge in [-0.05, 0) is 5.56 Å². The van der Waals surface area contributed by atoms with E-state index in [-0.39, 0.29) is 5.78 Å². The van der Waals surface area contributed by atoms with Gasteiger partial charge in [-0.3, -0.25) is 4.79 Å². The topological polar surface area (TPSA) is 57.0 Å². The fraction of sp³-hybridized carbons (Fsp3) is 0.250. The molecule has 0 atom stereocenters. The van der Waals surface area contributed by atoms with E-state index in [1.54, 1.807) is 7.11 Å². The number of thioether (sulfide) groups is 1. The molecule has 0 aliphatic carbocycles. The Morgan fingerprint density at radius 2 is 1.73 bits per heavy atom. The van der Waals surface area contributed by atoms with E-state index in [2.05, 4.69) is 22.3 Å². The van der Waals surface area contributed by atoms with Gasteiger partial charge in [0, 0.05) is 25.6 Å². The molecule has 0 aliphatic heterocycles. The van der Waals surface area contributed by atoms with E-state index in [0.717, 1.165) is 11.0 Å². The van der Waals surface area contributed by atoms with Crippen molar-refractivity contribution in [2.45, 2.75) is 18.1 Å². The number of ether oxygens (including phenoxy) is 1. The van der Waals surface area contributed by atoms with Gasteiger partial charge in [-0.15, -0.1) is 10.2 Å². The summed E-state index contributed by atoms with van der Waals surface area (Å²) in [5, 5.41) is 9.39. The lowest BCUT2D eigenvalue weighted by Gasteiger charge is -2.09. The van der Waals surface area contributed by atoms with E-state index < -0.39 is 0 Å². The maximum absolute atomic E-state index is 12.3. The zero-order valence-corrected chi connectivity index (χ0v) is 15.5. The third-order valence-corrected chi connectivity index (χ3v) is 4.91. The first-order valence-corrected chi connectivity index (χ1v) is 9.42. The van der Waals surface area contributed by atoms with Crippen LogP contribution in [0.25, 0.3) is 0 Å². The quantitative estimate of drug-likeness (QED) is 0.428. The minimum absolute atomic E-state index is 0.0847. The highest BCUT2D eigenvalue weighted by atomic mass is 32.2. The van der Waals surface area contributed by atoms with Crippen molar-refractivity contribution >= 4 is 17.5 Å². The molecule has 0 spiro atoms. The highest BCUT2D eigenvalue weighted by Crippen LogP contribution is 2.20. The molecule has 0 saturated heterocycles. The van der Waals surface area contributed by atoms with Gasteiger partial charge in [0.05, 0.1) is 12.4 Å². The first-order valence-electron chi connectivity index (χ1n) is 8.44. The van der Waals surface area contributed by atoms with E-state index in [9.17, 15) is 4.79 Å². The third kappa shape index (κ3) is 4.80. The second kappa shape index (κ2) is 9.31. The first-order chi connectivity index (χ1) is 12.8. The molecule has 134 valence electrons. The molecule has 0 radical (unpaired) electrons. The normalized spacial score (nSPS) is 10.8. The lowest BCUT2D eigenvalue weighted by atomic mass is 10.1. The van der Waals surface area contributed by atoms with Crippen LogP contribution in [0.5, 0.6) is 0 Å². The van der Waals surface area contributed by atoms with Crippen LogP contribution in [0.3, 0.4) is 0 Å². The predicted molar refractivity (Wildman–Crippen MR) is 103 cm³/mol. The van der Waals surface area contributed by atoms with E-state index in [0.29, 0.717) is 30.9 Å². The summed E-state index contributed by atoms with van der Waals surface area (Å²) < 4.78 is 7.26. The summed E-state index contributed by atoms with van der Waals surface area (Å²) in [4.78, 5) is 12.3. The van der Waals surface area contributed by atoms with E-state index in [1.165, 1.54) is 17.3 Å². The van der Waals surface area contributed by atoms with Gasteiger partial charge < -0.3 is 9.30 Å². The second-order valence-corrected chi connectivity index (χ2v) is 6.73. The van der Waals surface area contributed by atoms with Crippen LogP contribution in [0.2, 0.25) is 0 Å². The van der Waals surface area contributed by atoms with Crippen LogP contribution in [0.15, 0.2) is 65.8 Å². The van der Waals surface area contributed by atoms with Crippen molar-refractivity contribution in [3.8, 4) is 0 Å². The van der Waals surface area contributed by atoms with E-state index in [1.807, 2.05) is 53.1 Å². The summed E-state index contributed by atoms with van der Waals surface area (Å²) >= 11 is 1.42. The minimum Gasteiger partial charge on any atom is -0.383 e. The van der Waals surface area contributed by atoms with Gasteiger partial charge in [0.1, 0.15) is 5.82 Å². The Morgan fingerprint density at radius 1 is 1.04 bits per heavy atom. The fourth-order valence-electron chi connectivity index (χ4n) is 2.58. The molecule has 0 amide bonds. The van der Waals surface area contributed by atoms with Gasteiger partial charge in [0.15, 0.2) is 10.9 Å². The average molecular weight is 367 g/mol. The molecule has 0 aliphatic rings. The number of benzene rings is 2. The van der Waals surface area contributed by atoms with Crippen LogP contribution in [0.4, 0.5) is 0 Å². The highest BCUT2D eigenvalue weighted by Gasteiger charge is 2.15. The fourth-order valence-corrected chi connectivity index (χ4v) is 3.46. The van der Waals surface area contributed by atoms with Crippen molar-refractivity contribution in [2.24, 2.45) is 0 Å². The Balaban J connectivity index is 1.72. The molecule has 1 aromatic heterocycles. The number of hydrogen-bond acceptors (Lipinski definition) is 5. The standard InChI is InChI=1S/C20H21N3O2S/c1-25-13-12-23-19(14-16-8-4-2-5-9-16)21-22-20(23)26-15-18(24)17-10-6-3-7-11-17/h2-11H,12-15H2,1H3. The van der Waals surface area contributed by atoms with Crippen molar-refractivity contribution in [3.63, 3.8) is 0 Å². The zero-order chi connectivity index (χ0) is 18.2. The Hall–Kier alpha value is -2.44. The van der Waals surface area contributed by atoms with Crippen LogP contribution in [0, 0.1) is 0 Å². The molecule has 2 aromatic carbocycles. The largest absolute Gasteiger partial charge is 0.383 e. The van der Waals surface area contributed by atoms with Crippen LogP contribution in [-0.4, -0.2) is 40.0 Å². The Kier molecular flexibility index (Phi) is 6.57. The molecule has 1 heterocycles.